The number of carboxylic acids is 2. The summed E-state index contributed by atoms with van der Waals surface area (Å²) in [6, 6.07) is 21.7. The minimum atomic E-state index is -1.36. The van der Waals surface area contributed by atoms with Crippen molar-refractivity contribution in [3.8, 4) is 33.8 Å². The topological polar surface area (TPSA) is 285 Å². The number of nitrogens with two attached hydrogens (primary N) is 2. The van der Waals surface area contributed by atoms with Gasteiger partial charge in [0.1, 0.15) is 29.4 Å². The third-order valence-electron chi connectivity index (χ3n) is 11.5. The van der Waals surface area contributed by atoms with Gasteiger partial charge < -0.3 is 35.4 Å². The lowest BCUT2D eigenvalue weighted by molar-refractivity contribution is -0.459. The Morgan fingerprint density at radius 3 is 2.04 bits per heavy atom. The van der Waals surface area contributed by atoms with Gasteiger partial charge in [-0.05, 0) is 84.7 Å². The molecule has 4 aromatic rings. The van der Waals surface area contributed by atoms with Crippen molar-refractivity contribution < 1.29 is 59.0 Å². The normalized spacial score (nSPS) is 16.2. The molecule has 67 heavy (non-hydrogen) atoms. The summed E-state index contributed by atoms with van der Waals surface area (Å²) in [6.07, 6.45) is 2.41. The summed E-state index contributed by atoms with van der Waals surface area (Å²) in [7, 11) is 1.43. The average molecular weight is 920 g/mol. The molecule has 5 rings (SSSR count). The third kappa shape index (κ3) is 15.4. The number of Topliss-reactive ketones (excluding diaryl/α,β-unsaturated/α-hetero) is 3. The van der Waals surface area contributed by atoms with Crippen LogP contribution in [0.15, 0.2) is 84.9 Å². The van der Waals surface area contributed by atoms with Crippen LogP contribution in [0.25, 0.3) is 22.3 Å². The van der Waals surface area contributed by atoms with E-state index in [0.29, 0.717) is 24.1 Å². The van der Waals surface area contributed by atoms with Gasteiger partial charge in [0.2, 0.25) is 11.8 Å². The molecule has 9 N–H and O–H groups in total. The quantitative estimate of drug-likeness (QED) is 0.0347. The number of carboxylic acid groups (broad SMARTS) is 2. The molecule has 0 spiro atoms. The predicted octanol–water partition coefficient (Wildman–Crippen LogP) is 3.12. The zero-order valence-corrected chi connectivity index (χ0v) is 38.4. The number of aromatic hydroxyl groups is 2. The molecular formula is C51H61N5O11. The van der Waals surface area contributed by atoms with E-state index in [4.69, 9.17) is 21.4 Å². The van der Waals surface area contributed by atoms with Crippen LogP contribution in [-0.2, 0) is 41.6 Å². The number of likely N-dealkylation sites (N-methyl/N-ethyl adjacent to an activating group) is 1. The number of nitrogens with one attached hydrogen (secondary N) is 2. The lowest BCUT2D eigenvalue weighted by Crippen LogP contribution is -2.78. The molecule has 0 unspecified atom stereocenters. The highest BCUT2D eigenvalue weighted by Gasteiger charge is 2.36. The first kappa shape index (κ1) is 52.3. The second kappa shape index (κ2) is 24.8. The van der Waals surface area contributed by atoms with Crippen LogP contribution in [0, 0.1) is 11.8 Å². The Morgan fingerprint density at radius 1 is 0.851 bits per heavy atom. The Labute approximate surface area is 390 Å². The number of benzene rings is 4. The van der Waals surface area contributed by atoms with Gasteiger partial charge in [0, 0.05) is 73.6 Å². The number of fused-ring (bicyclic) bond motifs is 5. The van der Waals surface area contributed by atoms with Crippen molar-refractivity contribution in [3.05, 3.63) is 107 Å². The highest BCUT2D eigenvalue weighted by atomic mass is 16.4. The summed E-state index contributed by atoms with van der Waals surface area (Å²) < 4.78 is 0. The number of rotatable bonds is 17. The number of hydrogen-bond donors (Lipinski definition) is 7. The van der Waals surface area contributed by atoms with Crippen LogP contribution in [0.4, 0.5) is 0 Å². The Bertz CT molecular complexity index is 2440. The third-order valence-corrected chi connectivity index (χ3v) is 11.5. The maximum Gasteiger partial charge on any atom is 0.338 e. The Morgan fingerprint density at radius 2 is 1.45 bits per heavy atom. The summed E-state index contributed by atoms with van der Waals surface area (Å²) in [5.74, 6) is -6.90. The number of hydrogen-bond acceptors (Lipinski definition) is 10. The van der Waals surface area contributed by atoms with Crippen LogP contribution in [-0.4, -0.2) is 86.9 Å². The van der Waals surface area contributed by atoms with Crippen LogP contribution in [0.5, 0.6) is 11.5 Å². The molecule has 0 radical (unpaired) electrons. The number of aliphatic carboxylic acids is 2. The van der Waals surface area contributed by atoms with Crippen molar-refractivity contribution in [1.29, 1.82) is 0 Å². The molecule has 1 aliphatic rings. The zero-order valence-electron chi connectivity index (χ0n) is 38.4. The lowest BCUT2D eigenvalue weighted by Gasteiger charge is -2.32. The Hall–Kier alpha value is -7.36. The summed E-state index contributed by atoms with van der Waals surface area (Å²) in [5.41, 5.74) is 16.0. The summed E-state index contributed by atoms with van der Waals surface area (Å²) in [6.45, 7) is 4.90. The van der Waals surface area contributed by atoms with Crippen molar-refractivity contribution in [2.45, 2.75) is 97.1 Å². The Balaban J connectivity index is 0.00000235. The standard InChI is InChI=1S/C49H57N5O9.C2H4O2/c1-4-7-30-11-14-32(15-12-30)33-16-18-34(19-17-33)41(56)10-5-9-37(55)27-36(8-6-23-52-49(50)51)47(61)54(3)45-35-20-22-43(58)39(28-35)38-25-31(13-21-42(38)57)26-40(48(62)63)53-46(60)29(2)24-44(45)59;1-2(3)4/h11-22,25,28-29,36,40,45,57-58H,4-10,23-24,26-27H2,1-3H3,(H,53,60)(H,62,63)(H4,50,51,52);1H3,(H,3,4)/t29-,36-,40+,45+;/m1./s1. The minimum absolute atomic E-state index is 0.00990. The molecule has 4 aromatic carbocycles. The van der Waals surface area contributed by atoms with E-state index in [2.05, 4.69) is 41.5 Å². The van der Waals surface area contributed by atoms with Crippen molar-refractivity contribution in [1.82, 2.24) is 10.2 Å². The molecule has 0 saturated carbocycles. The van der Waals surface area contributed by atoms with Crippen LogP contribution in [0.1, 0.15) is 105 Å². The Kier molecular flexibility index (Phi) is 19.3. The van der Waals surface area contributed by atoms with E-state index in [-0.39, 0.29) is 90.7 Å². The van der Waals surface area contributed by atoms with Crippen LogP contribution >= 0.6 is 0 Å². The van der Waals surface area contributed by atoms with Gasteiger partial charge in [0.25, 0.3) is 0 Å². The predicted molar refractivity (Wildman–Crippen MR) is 249 cm³/mol. The number of aryl methyl sites for hydroxylation is 1. The van der Waals surface area contributed by atoms with Crippen LogP contribution in [0.3, 0.4) is 0 Å². The zero-order chi connectivity index (χ0) is 49.4. The lowest BCUT2D eigenvalue weighted by atomic mass is 9.88. The van der Waals surface area contributed by atoms with Gasteiger partial charge in [-0.2, -0.15) is 0 Å². The van der Waals surface area contributed by atoms with Crippen molar-refractivity contribution >= 4 is 47.1 Å². The van der Waals surface area contributed by atoms with E-state index in [0.717, 1.165) is 30.9 Å². The number of phenolic OH excluding ortho intramolecular Hbond substituents is 2. The number of amides is 2. The summed E-state index contributed by atoms with van der Waals surface area (Å²) in [5, 5.41) is 43.2. The highest BCUT2D eigenvalue weighted by Crippen LogP contribution is 2.39. The fraction of sp³-hybridized carbons (Fsp3) is 0.373. The van der Waals surface area contributed by atoms with Crippen LogP contribution in [0.2, 0.25) is 0 Å². The number of guanidine groups is 1. The van der Waals surface area contributed by atoms with E-state index in [1.54, 1.807) is 12.1 Å². The first-order valence-electron chi connectivity index (χ1n) is 22.3. The van der Waals surface area contributed by atoms with Gasteiger partial charge >= 0.3 is 11.9 Å². The molecule has 2 amide bonds. The second-order valence-corrected chi connectivity index (χ2v) is 16.9. The van der Waals surface area contributed by atoms with Gasteiger partial charge in [-0.25, -0.2) is 4.79 Å². The second-order valence-electron chi connectivity index (χ2n) is 16.9. The number of ketones is 3. The van der Waals surface area contributed by atoms with Crippen LogP contribution < -0.4 is 26.9 Å². The average Bonchev–Trinajstić information content (AvgIpc) is 3.28. The van der Waals surface area contributed by atoms with Crippen molar-refractivity contribution in [2.75, 3.05) is 13.6 Å². The number of nitrogens with zero attached hydrogens (tertiary/aromatic N) is 1. The molecule has 0 aromatic heterocycles. The molecule has 16 heteroatoms. The van der Waals surface area contributed by atoms with Gasteiger partial charge in [0.05, 0.1) is 6.54 Å². The largest absolute Gasteiger partial charge is 0.550 e. The summed E-state index contributed by atoms with van der Waals surface area (Å²) in [4.78, 5) is 94.0. The van der Waals surface area contributed by atoms with E-state index in [1.165, 1.54) is 60.8 Å². The maximum absolute atomic E-state index is 14.6. The highest BCUT2D eigenvalue weighted by molar-refractivity contribution is 5.97. The SMILES string of the molecule is CC(=O)[O-].CCCc1ccc(-c2ccc(C(=O)CCCC(=O)C[C@@H](CCC[NH+]=C(N)N)C(=O)N(C)[C@@H]3C(=O)C[C@@H](C)C(=O)N[C@H](C(=O)O)Cc4ccc(O)c(c4)-c4cc3ccc4O)cc2)cc1. The van der Waals surface area contributed by atoms with E-state index in [1.807, 2.05) is 12.1 Å². The molecule has 16 nitrogen and oxygen atoms in total. The number of carbonyl (C=O) groups excluding carboxylic acids is 6. The fourth-order valence-corrected chi connectivity index (χ4v) is 8.02. The van der Waals surface area contributed by atoms with E-state index < -0.39 is 53.5 Å². The maximum atomic E-state index is 14.6. The smallest absolute Gasteiger partial charge is 0.338 e. The number of carbonyl (C=O) groups is 7. The molecule has 1 aliphatic heterocycles. The number of phenols is 2. The molecular weight excluding hydrogens is 859 g/mol. The van der Waals surface area contributed by atoms with E-state index >= 15 is 0 Å². The fourth-order valence-electron chi connectivity index (χ4n) is 8.02. The molecule has 4 atom stereocenters. The van der Waals surface area contributed by atoms with Gasteiger partial charge in [-0.15, -0.1) is 0 Å². The molecule has 0 fully saturated rings. The minimum Gasteiger partial charge on any atom is -0.550 e. The summed E-state index contributed by atoms with van der Waals surface area (Å²) >= 11 is 0. The molecule has 0 saturated heterocycles. The molecule has 1 heterocycles. The van der Waals surface area contributed by atoms with Crippen molar-refractivity contribution in [2.24, 2.45) is 23.3 Å². The molecule has 0 aliphatic carbocycles. The van der Waals surface area contributed by atoms with Gasteiger partial charge in [0.15, 0.2) is 11.6 Å². The molecule has 4 bridgehead atoms. The monoisotopic (exact) mass is 919 g/mol. The molecule has 356 valence electrons. The van der Waals surface area contributed by atoms with Gasteiger partial charge in [-0.3, -0.25) is 40.4 Å². The van der Waals surface area contributed by atoms with Gasteiger partial charge in [-0.1, -0.05) is 80.9 Å². The van der Waals surface area contributed by atoms with E-state index in [9.17, 15) is 44.1 Å². The van der Waals surface area contributed by atoms with Crippen molar-refractivity contribution in [3.63, 3.8) is 0 Å². The first-order chi connectivity index (χ1) is 31.8. The first-order valence-corrected chi connectivity index (χ1v) is 22.3.